The highest BCUT2D eigenvalue weighted by Gasteiger charge is 2.06. The number of anilines is 2. The molecular weight excluding hydrogens is 238 g/mol. The molecule has 0 unspecified atom stereocenters. The van der Waals surface area contributed by atoms with E-state index >= 15 is 0 Å². The molecule has 2 aromatic rings. The van der Waals surface area contributed by atoms with Crippen molar-refractivity contribution in [2.24, 2.45) is 0 Å². The lowest BCUT2D eigenvalue weighted by molar-refractivity contribution is 0.188. The predicted octanol–water partition coefficient (Wildman–Crippen LogP) is 3.20. The van der Waals surface area contributed by atoms with Gasteiger partial charge in [-0.1, -0.05) is 6.07 Å². The number of aryl methyl sites for hydroxylation is 3. The van der Waals surface area contributed by atoms with Gasteiger partial charge in [0.1, 0.15) is 0 Å². The Morgan fingerprint density at radius 2 is 1.84 bits per heavy atom. The first-order valence-corrected chi connectivity index (χ1v) is 6.46. The van der Waals surface area contributed by atoms with Crippen molar-refractivity contribution in [1.82, 2.24) is 9.55 Å². The number of methoxy groups -OCH3 is 1. The van der Waals surface area contributed by atoms with Crippen molar-refractivity contribution in [3.05, 3.63) is 41.2 Å². The van der Waals surface area contributed by atoms with Crippen molar-refractivity contribution in [2.75, 3.05) is 19.0 Å². The first-order chi connectivity index (χ1) is 9.08. The summed E-state index contributed by atoms with van der Waals surface area (Å²) in [7, 11) is 1.71. The lowest BCUT2D eigenvalue weighted by Crippen LogP contribution is -2.07. The number of rotatable bonds is 5. The van der Waals surface area contributed by atoms with E-state index in [2.05, 4.69) is 46.9 Å². The quantitative estimate of drug-likeness (QED) is 0.896. The average molecular weight is 259 g/mol. The summed E-state index contributed by atoms with van der Waals surface area (Å²) < 4.78 is 7.20. The smallest absolute Gasteiger partial charge is 0.207 e. The number of imidazole rings is 1. The van der Waals surface area contributed by atoms with E-state index in [9.17, 15) is 0 Å². The van der Waals surface area contributed by atoms with Crippen LogP contribution in [0.1, 0.15) is 16.8 Å². The second kappa shape index (κ2) is 5.89. The highest BCUT2D eigenvalue weighted by Crippen LogP contribution is 2.19. The van der Waals surface area contributed by atoms with Crippen molar-refractivity contribution in [2.45, 2.75) is 27.3 Å². The van der Waals surface area contributed by atoms with Crippen molar-refractivity contribution < 1.29 is 4.74 Å². The minimum Gasteiger partial charge on any atom is -0.383 e. The fourth-order valence-electron chi connectivity index (χ4n) is 2.18. The van der Waals surface area contributed by atoms with E-state index in [1.165, 1.54) is 11.1 Å². The molecular formula is C15H21N3O. The standard InChI is InChI=1S/C15H21N3O/c1-11-7-12(2)9-14(8-11)17-15-16-13(3)10-18(15)5-6-19-4/h7-10H,5-6H2,1-4H3,(H,16,17). The second-order valence-electron chi connectivity index (χ2n) is 4.89. The molecule has 1 N–H and O–H groups in total. The van der Waals surface area contributed by atoms with E-state index in [0.29, 0.717) is 6.61 Å². The molecule has 1 heterocycles. The van der Waals surface area contributed by atoms with Gasteiger partial charge in [0.25, 0.3) is 0 Å². The van der Waals surface area contributed by atoms with E-state index in [0.717, 1.165) is 23.9 Å². The Labute approximate surface area is 114 Å². The van der Waals surface area contributed by atoms with Gasteiger partial charge in [-0.15, -0.1) is 0 Å². The molecule has 0 aliphatic rings. The van der Waals surface area contributed by atoms with Gasteiger partial charge >= 0.3 is 0 Å². The number of hydrogen-bond donors (Lipinski definition) is 1. The van der Waals surface area contributed by atoms with Gasteiger partial charge in [0.2, 0.25) is 5.95 Å². The molecule has 0 aliphatic heterocycles. The molecule has 1 aromatic heterocycles. The molecule has 4 nitrogen and oxygen atoms in total. The van der Waals surface area contributed by atoms with Gasteiger partial charge in [-0.05, 0) is 44.0 Å². The minimum atomic E-state index is 0.678. The summed E-state index contributed by atoms with van der Waals surface area (Å²) in [6.07, 6.45) is 2.03. The Kier molecular flexibility index (Phi) is 4.22. The van der Waals surface area contributed by atoms with Crippen molar-refractivity contribution in [1.29, 1.82) is 0 Å². The zero-order valence-corrected chi connectivity index (χ0v) is 12.0. The van der Waals surface area contributed by atoms with E-state index < -0.39 is 0 Å². The number of ether oxygens (including phenoxy) is 1. The monoisotopic (exact) mass is 259 g/mol. The zero-order chi connectivity index (χ0) is 13.8. The lowest BCUT2D eigenvalue weighted by Gasteiger charge is -2.10. The molecule has 2 rings (SSSR count). The second-order valence-corrected chi connectivity index (χ2v) is 4.89. The third-order valence-electron chi connectivity index (χ3n) is 2.91. The molecule has 4 heteroatoms. The molecule has 0 saturated carbocycles. The van der Waals surface area contributed by atoms with Gasteiger partial charge in [-0.25, -0.2) is 4.98 Å². The van der Waals surface area contributed by atoms with Crippen LogP contribution in [0.15, 0.2) is 24.4 Å². The Bertz CT molecular complexity index is 540. The molecule has 0 saturated heterocycles. The molecule has 0 fully saturated rings. The molecule has 19 heavy (non-hydrogen) atoms. The maximum atomic E-state index is 5.12. The van der Waals surface area contributed by atoms with E-state index in [1.807, 2.05) is 13.1 Å². The van der Waals surface area contributed by atoms with Crippen LogP contribution in [0.3, 0.4) is 0 Å². The first-order valence-electron chi connectivity index (χ1n) is 6.46. The number of hydrogen-bond acceptors (Lipinski definition) is 3. The minimum absolute atomic E-state index is 0.678. The Morgan fingerprint density at radius 1 is 1.16 bits per heavy atom. The summed E-state index contributed by atoms with van der Waals surface area (Å²) in [5.41, 5.74) is 4.56. The van der Waals surface area contributed by atoms with E-state index in [1.54, 1.807) is 7.11 Å². The number of aromatic nitrogens is 2. The Morgan fingerprint density at radius 3 is 2.47 bits per heavy atom. The predicted molar refractivity (Wildman–Crippen MR) is 78.0 cm³/mol. The normalized spacial score (nSPS) is 10.7. The van der Waals surface area contributed by atoms with Crippen LogP contribution in [0.5, 0.6) is 0 Å². The van der Waals surface area contributed by atoms with Gasteiger partial charge in [0.05, 0.1) is 12.3 Å². The summed E-state index contributed by atoms with van der Waals surface area (Å²) >= 11 is 0. The van der Waals surface area contributed by atoms with Crippen LogP contribution < -0.4 is 5.32 Å². The summed E-state index contributed by atoms with van der Waals surface area (Å²) in [4.78, 5) is 4.51. The van der Waals surface area contributed by atoms with Crippen LogP contribution in [-0.2, 0) is 11.3 Å². The van der Waals surface area contributed by atoms with Gasteiger partial charge in [-0.3, -0.25) is 0 Å². The third-order valence-corrected chi connectivity index (χ3v) is 2.91. The number of benzene rings is 1. The fraction of sp³-hybridized carbons (Fsp3) is 0.400. The maximum Gasteiger partial charge on any atom is 0.207 e. The topological polar surface area (TPSA) is 39.1 Å². The SMILES string of the molecule is COCCn1cc(C)nc1Nc1cc(C)cc(C)c1. The van der Waals surface area contributed by atoms with Gasteiger partial charge in [0.15, 0.2) is 0 Å². The van der Waals surface area contributed by atoms with Gasteiger partial charge < -0.3 is 14.6 Å². The van der Waals surface area contributed by atoms with Crippen LogP contribution in [0.25, 0.3) is 0 Å². The van der Waals surface area contributed by atoms with E-state index in [4.69, 9.17) is 4.74 Å². The van der Waals surface area contributed by atoms with Gasteiger partial charge in [0, 0.05) is 25.5 Å². The highest BCUT2D eigenvalue weighted by molar-refractivity contribution is 5.56. The van der Waals surface area contributed by atoms with Crippen molar-refractivity contribution in [3.63, 3.8) is 0 Å². The molecule has 0 atom stereocenters. The molecule has 0 spiro atoms. The summed E-state index contributed by atoms with van der Waals surface area (Å²) in [6, 6.07) is 6.41. The van der Waals surface area contributed by atoms with Gasteiger partial charge in [-0.2, -0.15) is 0 Å². The van der Waals surface area contributed by atoms with Crippen LogP contribution >= 0.6 is 0 Å². The molecule has 102 valence electrons. The van der Waals surface area contributed by atoms with Crippen molar-refractivity contribution >= 4 is 11.6 Å². The molecule has 1 aromatic carbocycles. The van der Waals surface area contributed by atoms with Crippen molar-refractivity contribution in [3.8, 4) is 0 Å². The van der Waals surface area contributed by atoms with Crippen LogP contribution in [0, 0.1) is 20.8 Å². The average Bonchev–Trinajstić information content (AvgIpc) is 2.65. The number of nitrogens with one attached hydrogen (secondary N) is 1. The molecule has 0 bridgehead atoms. The van der Waals surface area contributed by atoms with E-state index in [-0.39, 0.29) is 0 Å². The first kappa shape index (κ1) is 13.6. The summed E-state index contributed by atoms with van der Waals surface area (Å²) in [6.45, 7) is 7.67. The lowest BCUT2D eigenvalue weighted by atomic mass is 10.1. The Hall–Kier alpha value is -1.81. The fourth-order valence-corrected chi connectivity index (χ4v) is 2.18. The largest absolute Gasteiger partial charge is 0.383 e. The maximum absolute atomic E-state index is 5.12. The van der Waals surface area contributed by atoms with Crippen LogP contribution in [0.4, 0.5) is 11.6 Å². The third kappa shape index (κ3) is 3.58. The zero-order valence-electron chi connectivity index (χ0n) is 12.0. The Balaban J connectivity index is 2.22. The summed E-state index contributed by atoms with van der Waals surface area (Å²) in [5.74, 6) is 0.861. The number of nitrogens with zero attached hydrogens (tertiary/aromatic N) is 2. The van der Waals surface area contributed by atoms with Crippen LogP contribution in [0.2, 0.25) is 0 Å². The molecule has 0 aliphatic carbocycles. The summed E-state index contributed by atoms with van der Waals surface area (Å²) in [5, 5.41) is 3.38. The molecule has 0 amide bonds. The molecule has 0 radical (unpaired) electrons. The highest BCUT2D eigenvalue weighted by atomic mass is 16.5. The van der Waals surface area contributed by atoms with Crippen LogP contribution in [-0.4, -0.2) is 23.3 Å².